The van der Waals surface area contributed by atoms with Crippen LogP contribution in [0.1, 0.15) is 5.69 Å². The summed E-state index contributed by atoms with van der Waals surface area (Å²) in [6.07, 6.45) is 0. The molecule has 0 saturated heterocycles. The Morgan fingerprint density at radius 1 is 1.40 bits per heavy atom. The number of hydrogen-bond donors (Lipinski definition) is 0. The second-order valence-electron chi connectivity index (χ2n) is 2.99. The Bertz CT molecular complexity index is 532. The molecule has 15 heavy (non-hydrogen) atoms. The van der Waals surface area contributed by atoms with Crippen LogP contribution in [0, 0.1) is 0 Å². The molecule has 0 fully saturated rings. The Labute approximate surface area is 90.1 Å². The van der Waals surface area contributed by atoms with E-state index in [1.165, 1.54) is 11.7 Å². The molecule has 6 nitrogen and oxygen atoms in total. The topological polar surface area (TPSA) is 65.6 Å². The summed E-state index contributed by atoms with van der Waals surface area (Å²) in [5, 5.41) is 7.66. The summed E-state index contributed by atoms with van der Waals surface area (Å²) >= 11 is 5.72. The van der Waals surface area contributed by atoms with Crippen LogP contribution in [0.4, 0.5) is 0 Å². The van der Waals surface area contributed by atoms with Gasteiger partial charge in [0.15, 0.2) is 0 Å². The summed E-state index contributed by atoms with van der Waals surface area (Å²) < 4.78 is 2.38. The monoisotopic (exact) mass is 225 g/mol. The van der Waals surface area contributed by atoms with Gasteiger partial charge in [-0.2, -0.15) is 9.36 Å². The molecule has 2 aromatic heterocycles. The highest BCUT2D eigenvalue weighted by molar-refractivity contribution is 6.29. The first-order valence-electron chi connectivity index (χ1n) is 4.25. The summed E-state index contributed by atoms with van der Waals surface area (Å²) in [5.74, 6) is 0. The second kappa shape index (κ2) is 3.82. The van der Waals surface area contributed by atoms with Crippen molar-refractivity contribution in [3.63, 3.8) is 0 Å². The molecule has 0 aliphatic rings. The van der Waals surface area contributed by atoms with Crippen LogP contribution in [0.25, 0.3) is 0 Å². The smallest absolute Gasteiger partial charge is 0.244 e. The maximum atomic E-state index is 11.4. The Hall–Kier alpha value is -1.69. The summed E-state index contributed by atoms with van der Waals surface area (Å²) in [4.78, 5) is 15.4. The molecule has 0 aliphatic heterocycles. The van der Waals surface area contributed by atoms with Crippen molar-refractivity contribution in [2.45, 2.75) is 6.54 Å². The lowest BCUT2D eigenvalue weighted by molar-refractivity contribution is 0.621. The van der Waals surface area contributed by atoms with Gasteiger partial charge in [-0.3, -0.25) is 0 Å². The van der Waals surface area contributed by atoms with Gasteiger partial charge in [-0.05, 0) is 22.6 Å². The molecule has 7 heteroatoms. The van der Waals surface area contributed by atoms with Crippen LogP contribution in [-0.2, 0) is 13.6 Å². The van der Waals surface area contributed by atoms with Gasteiger partial charge in [0.2, 0.25) is 0 Å². The molecule has 0 atom stereocenters. The van der Waals surface area contributed by atoms with Gasteiger partial charge < -0.3 is 0 Å². The highest BCUT2D eigenvalue weighted by Crippen LogP contribution is 2.05. The highest BCUT2D eigenvalue weighted by Gasteiger charge is 2.04. The molecule has 0 N–H and O–H groups in total. The van der Waals surface area contributed by atoms with Crippen molar-refractivity contribution in [1.82, 2.24) is 24.8 Å². The van der Waals surface area contributed by atoms with Crippen molar-refractivity contribution in [2.75, 3.05) is 0 Å². The zero-order chi connectivity index (χ0) is 10.8. The number of rotatable bonds is 2. The van der Waals surface area contributed by atoms with E-state index >= 15 is 0 Å². The minimum absolute atomic E-state index is 0.271. The lowest BCUT2D eigenvalue weighted by Gasteiger charge is -1.98. The number of tetrazole rings is 1. The zero-order valence-electron chi connectivity index (χ0n) is 7.96. The first kappa shape index (κ1) is 9.85. The third kappa shape index (κ3) is 2.04. The largest absolute Gasteiger partial charge is 0.363 e. The fourth-order valence-corrected chi connectivity index (χ4v) is 1.32. The van der Waals surface area contributed by atoms with Gasteiger partial charge in [0.05, 0.1) is 12.2 Å². The predicted molar refractivity (Wildman–Crippen MR) is 53.6 cm³/mol. The van der Waals surface area contributed by atoms with Gasteiger partial charge in [0.1, 0.15) is 5.15 Å². The molecule has 78 valence electrons. The van der Waals surface area contributed by atoms with Crippen LogP contribution >= 0.6 is 11.6 Å². The van der Waals surface area contributed by atoms with Crippen LogP contribution in [-0.4, -0.2) is 24.8 Å². The van der Waals surface area contributed by atoms with E-state index < -0.39 is 0 Å². The van der Waals surface area contributed by atoms with Crippen molar-refractivity contribution < 1.29 is 0 Å². The number of hydrogen-bond acceptors (Lipinski definition) is 4. The lowest BCUT2D eigenvalue weighted by Crippen LogP contribution is -2.24. The summed E-state index contributed by atoms with van der Waals surface area (Å²) in [5.41, 5.74) is 0.391. The normalized spacial score (nSPS) is 10.5. The van der Waals surface area contributed by atoms with Crippen LogP contribution in [0.3, 0.4) is 0 Å². The predicted octanol–water partition coefficient (Wildman–Crippen LogP) is 0.0735. The highest BCUT2D eigenvalue weighted by atomic mass is 35.5. The van der Waals surface area contributed by atoms with E-state index in [2.05, 4.69) is 15.4 Å². The molecular formula is C8H8ClN5O. The van der Waals surface area contributed by atoms with Crippen molar-refractivity contribution in [2.24, 2.45) is 7.05 Å². The average molecular weight is 226 g/mol. The maximum Gasteiger partial charge on any atom is 0.363 e. The molecule has 2 aromatic rings. The molecule has 0 bridgehead atoms. The number of nitrogens with zero attached hydrogens (tertiary/aromatic N) is 5. The van der Waals surface area contributed by atoms with Gasteiger partial charge in [-0.1, -0.05) is 17.7 Å². The van der Waals surface area contributed by atoms with E-state index in [4.69, 9.17) is 11.6 Å². The van der Waals surface area contributed by atoms with Gasteiger partial charge in [-0.15, -0.1) is 0 Å². The van der Waals surface area contributed by atoms with Gasteiger partial charge in [-0.25, -0.2) is 9.78 Å². The SMILES string of the molecule is Cn1nnn(Cc2cccc(Cl)n2)c1=O. The van der Waals surface area contributed by atoms with Crippen molar-refractivity contribution >= 4 is 11.6 Å². The third-order valence-electron chi connectivity index (χ3n) is 1.86. The van der Waals surface area contributed by atoms with E-state index in [0.717, 1.165) is 4.68 Å². The third-order valence-corrected chi connectivity index (χ3v) is 2.07. The van der Waals surface area contributed by atoms with Crippen LogP contribution in [0.15, 0.2) is 23.0 Å². The van der Waals surface area contributed by atoms with E-state index in [9.17, 15) is 4.79 Å². The summed E-state index contributed by atoms with van der Waals surface area (Å²) in [7, 11) is 1.54. The molecule has 0 spiro atoms. The van der Waals surface area contributed by atoms with Crippen molar-refractivity contribution in [1.29, 1.82) is 0 Å². The number of halogens is 1. The molecule has 0 aliphatic carbocycles. The van der Waals surface area contributed by atoms with E-state index in [1.807, 2.05) is 0 Å². The first-order chi connectivity index (χ1) is 7.16. The summed E-state index contributed by atoms with van der Waals surface area (Å²) in [6, 6.07) is 5.21. The second-order valence-corrected chi connectivity index (χ2v) is 3.38. The van der Waals surface area contributed by atoms with Crippen molar-refractivity contribution in [3.8, 4) is 0 Å². The molecule has 0 saturated carbocycles. The standard InChI is InChI=1S/C8H8ClN5O/c1-13-8(15)14(12-11-13)5-6-3-2-4-7(9)10-6/h2-4H,5H2,1H3. The quantitative estimate of drug-likeness (QED) is 0.679. The van der Waals surface area contributed by atoms with Crippen LogP contribution < -0.4 is 5.69 Å². The van der Waals surface area contributed by atoms with Gasteiger partial charge in [0.25, 0.3) is 0 Å². The molecular weight excluding hydrogens is 218 g/mol. The fourth-order valence-electron chi connectivity index (χ4n) is 1.14. The summed E-state index contributed by atoms with van der Waals surface area (Å²) in [6.45, 7) is 0.271. The average Bonchev–Trinajstić information content (AvgIpc) is 2.50. The fraction of sp³-hybridized carbons (Fsp3) is 0.250. The molecule has 2 rings (SSSR count). The van der Waals surface area contributed by atoms with Crippen LogP contribution in [0.2, 0.25) is 5.15 Å². The van der Waals surface area contributed by atoms with Crippen molar-refractivity contribution in [3.05, 3.63) is 39.5 Å². The van der Waals surface area contributed by atoms with E-state index in [-0.39, 0.29) is 12.2 Å². The minimum Gasteiger partial charge on any atom is -0.244 e. The number of aromatic nitrogens is 5. The Balaban J connectivity index is 2.30. The first-order valence-corrected chi connectivity index (χ1v) is 4.63. The maximum absolute atomic E-state index is 11.4. The molecule has 0 amide bonds. The molecule has 0 unspecified atom stereocenters. The Kier molecular flexibility index (Phi) is 2.51. The lowest BCUT2D eigenvalue weighted by atomic mass is 10.3. The number of aryl methyl sites for hydroxylation is 1. The molecule has 2 heterocycles. The van der Waals surface area contributed by atoms with Gasteiger partial charge in [0, 0.05) is 7.05 Å². The Morgan fingerprint density at radius 2 is 2.20 bits per heavy atom. The molecule has 0 radical (unpaired) electrons. The van der Waals surface area contributed by atoms with E-state index in [1.54, 1.807) is 18.2 Å². The Morgan fingerprint density at radius 3 is 2.80 bits per heavy atom. The number of pyridine rings is 1. The zero-order valence-corrected chi connectivity index (χ0v) is 8.72. The van der Waals surface area contributed by atoms with E-state index in [0.29, 0.717) is 10.8 Å². The minimum atomic E-state index is -0.281. The molecule has 0 aromatic carbocycles. The van der Waals surface area contributed by atoms with Gasteiger partial charge >= 0.3 is 5.69 Å². The van der Waals surface area contributed by atoms with Crippen LogP contribution in [0.5, 0.6) is 0 Å².